The second-order valence-electron chi connectivity index (χ2n) is 7.21. The average molecular weight is 352 g/mol. The van der Waals surface area contributed by atoms with E-state index >= 15 is 0 Å². The smallest absolute Gasteiger partial charge is 0.323 e. The van der Waals surface area contributed by atoms with Gasteiger partial charge in [-0.3, -0.25) is 0 Å². The van der Waals surface area contributed by atoms with Crippen LogP contribution in [0.2, 0.25) is 0 Å². The van der Waals surface area contributed by atoms with Crippen molar-refractivity contribution in [3.05, 3.63) is 27.1 Å². The minimum atomic E-state index is -0.165. The predicted octanol–water partition coefficient (Wildman–Crippen LogP) is 4.25. The lowest BCUT2D eigenvalue weighted by atomic mass is 9.70. The largest absolute Gasteiger partial charge is 0.381 e. The van der Waals surface area contributed by atoms with Crippen LogP contribution in [0.25, 0.3) is 11.0 Å². The van der Waals surface area contributed by atoms with Gasteiger partial charge in [-0.05, 0) is 58.7 Å². The molecule has 1 aliphatic carbocycles. The Labute approximate surface area is 132 Å². The summed E-state index contributed by atoms with van der Waals surface area (Å²) in [5.74, 6) is 0.737. The van der Waals surface area contributed by atoms with Gasteiger partial charge in [0.05, 0.1) is 16.7 Å². The number of H-pyrrole nitrogens is 2. The number of aromatic nitrogens is 2. The predicted molar refractivity (Wildman–Crippen MR) is 90.8 cm³/mol. The van der Waals surface area contributed by atoms with Gasteiger partial charge in [-0.15, -0.1) is 0 Å². The van der Waals surface area contributed by atoms with Crippen LogP contribution >= 0.6 is 15.9 Å². The molecule has 0 saturated heterocycles. The number of hydrogen-bond donors (Lipinski definition) is 3. The Kier molecular flexibility index (Phi) is 3.64. The van der Waals surface area contributed by atoms with E-state index < -0.39 is 0 Å². The van der Waals surface area contributed by atoms with Crippen molar-refractivity contribution in [2.75, 3.05) is 5.32 Å². The molecule has 0 aliphatic heterocycles. The van der Waals surface area contributed by atoms with Gasteiger partial charge in [-0.25, -0.2) is 4.79 Å². The number of aromatic amines is 2. The molecule has 1 aromatic carbocycles. The number of halogens is 1. The first kappa shape index (κ1) is 14.7. The van der Waals surface area contributed by atoms with Crippen molar-refractivity contribution in [1.29, 1.82) is 0 Å². The molecule has 1 saturated carbocycles. The molecule has 3 N–H and O–H groups in total. The first-order valence-corrected chi connectivity index (χ1v) is 8.30. The normalized spacial score (nSPS) is 25.1. The average Bonchev–Trinajstić information content (AvgIpc) is 2.66. The molecule has 1 aromatic heterocycles. The Balaban J connectivity index is 1.87. The van der Waals surface area contributed by atoms with Crippen LogP contribution in [0.15, 0.2) is 21.4 Å². The van der Waals surface area contributed by atoms with Gasteiger partial charge in [0, 0.05) is 10.5 Å². The maximum Gasteiger partial charge on any atom is 0.323 e. The fourth-order valence-corrected chi connectivity index (χ4v) is 4.30. The fourth-order valence-electron chi connectivity index (χ4n) is 3.84. The van der Waals surface area contributed by atoms with E-state index in [1.165, 1.54) is 19.3 Å². The highest BCUT2D eigenvalue weighted by molar-refractivity contribution is 9.10. The Hall–Kier alpha value is -1.23. The molecule has 3 rings (SSSR count). The van der Waals surface area contributed by atoms with Crippen LogP contribution < -0.4 is 11.0 Å². The molecule has 0 spiro atoms. The zero-order chi connectivity index (χ0) is 15.2. The monoisotopic (exact) mass is 351 g/mol. The van der Waals surface area contributed by atoms with Crippen molar-refractivity contribution in [1.82, 2.24) is 9.97 Å². The molecule has 1 aliphatic rings. The summed E-state index contributed by atoms with van der Waals surface area (Å²) in [7, 11) is 0. The molecule has 21 heavy (non-hydrogen) atoms. The Morgan fingerprint density at radius 1 is 1.24 bits per heavy atom. The van der Waals surface area contributed by atoms with Crippen LogP contribution in [0.4, 0.5) is 5.69 Å². The van der Waals surface area contributed by atoms with Crippen molar-refractivity contribution in [2.45, 2.75) is 46.1 Å². The molecule has 5 heteroatoms. The Bertz CT molecular complexity index is 716. The zero-order valence-corrected chi connectivity index (χ0v) is 14.3. The third-order valence-electron chi connectivity index (χ3n) is 4.35. The number of benzene rings is 1. The van der Waals surface area contributed by atoms with Crippen LogP contribution in [0.1, 0.15) is 40.0 Å². The first-order valence-electron chi connectivity index (χ1n) is 7.50. The van der Waals surface area contributed by atoms with Crippen molar-refractivity contribution in [3.8, 4) is 0 Å². The number of fused-ring (bicyclic) bond motifs is 1. The fraction of sp³-hybridized carbons (Fsp3) is 0.562. The van der Waals surface area contributed by atoms with Crippen molar-refractivity contribution >= 4 is 32.7 Å². The summed E-state index contributed by atoms with van der Waals surface area (Å²) in [6.07, 6.45) is 3.65. The first-order chi connectivity index (χ1) is 9.82. The maximum atomic E-state index is 11.4. The Morgan fingerprint density at radius 3 is 2.57 bits per heavy atom. The van der Waals surface area contributed by atoms with E-state index in [0.717, 1.165) is 27.1 Å². The van der Waals surface area contributed by atoms with E-state index in [0.29, 0.717) is 11.5 Å². The van der Waals surface area contributed by atoms with E-state index in [2.05, 4.69) is 52.0 Å². The van der Waals surface area contributed by atoms with Gasteiger partial charge < -0.3 is 15.3 Å². The quantitative estimate of drug-likeness (QED) is 0.757. The van der Waals surface area contributed by atoms with Crippen LogP contribution in [0, 0.1) is 11.3 Å². The summed E-state index contributed by atoms with van der Waals surface area (Å²) >= 11 is 3.60. The molecule has 0 radical (unpaired) electrons. The molecule has 0 bridgehead atoms. The molecular weight excluding hydrogens is 330 g/mol. The van der Waals surface area contributed by atoms with Crippen molar-refractivity contribution in [3.63, 3.8) is 0 Å². The standard InChI is InChI=1S/C16H22BrN3O/c1-9-4-10(8-16(2,3)7-9)18-12-6-14-13(5-11(12)17)19-15(21)20-14/h5-6,9-10,18H,4,7-8H2,1-3H3,(H2,19,20,21). The van der Waals surface area contributed by atoms with Gasteiger partial charge in [0.1, 0.15) is 0 Å². The van der Waals surface area contributed by atoms with Crippen molar-refractivity contribution in [2.24, 2.45) is 11.3 Å². The van der Waals surface area contributed by atoms with Gasteiger partial charge >= 0.3 is 5.69 Å². The number of hydrogen-bond acceptors (Lipinski definition) is 2. The lowest BCUT2D eigenvalue weighted by Crippen LogP contribution is -2.35. The molecular formula is C16H22BrN3O. The van der Waals surface area contributed by atoms with Gasteiger partial charge in [0.2, 0.25) is 0 Å². The molecule has 2 atom stereocenters. The van der Waals surface area contributed by atoms with E-state index in [-0.39, 0.29) is 5.69 Å². The van der Waals surface area contributed by atoms with E-state index in [4.69, 9.17) is 0 Å². The summed E-state index contributed by atoms with van der Waals surface area (Å²) in [6.45, 7) is 7.02. The third kappa shape index (κ3) is 3.18. The molecule has 114 valence electrons. The molecule has 1 fully saturated rings. The second-order valence-corrected chi connectivity index (χ2v) is 8.07. The number of anilines is 1. The summed E-state index contributed by atoms with van der Waals surface area (Å²) in [5.41, 5.74) is 2.94. The summed E-state index contributed by atoms with van der Waals surface area (Å²) < 4.78 is 0.987. The third-order valence-corrected chi connectivity index (χ3v) is 5.01. The molecule has 2 aromatic rings. The van der Waals surface area contributed by atoms with E-state index in [9.17, 15) is 4.79 Å². The van der Waals surface area contributed by atoms with Crippen LogP contribution in [-0.4, -0.2) is 16.0 Å². The molecule has 1 heterocycles. The highest BCUT2D eigenvalue weighted by Gasteiger charge is 2.32. The SMILES string of the molecule is CC1CC(Nc2cc3[nH]c(=O)[nH]c3cc2Br)CC(C)(C)C1. The second kappa shape index (κ2) is 5.20. The highest BCUT2D eigenvalue weighted by Crippen LogP contribution is 2.40. The molecule has 2 unspecified atom stereocenters. The van der Waals surface area contributed by atoms with Gasteiger partial charge in [0.25, 0.3) is 0 Å². The minimum Gasteiger partial charge on any atom is -0.381 e. The topological polar surface area (TPSA) is 60.7 Å². The Morgan fingerprint density at radius 2 is 1.90 bits per heavy atom. The van der Waals surface area contributed by atoms with Crippen molar-refractivity contribution < 1.29 is 0 Å². The number of nitrogens with one attached hydrogen (secondary N) is 3. The maximum absolute atomic E-state index is 11.4. The highest BCUT2D eigenvalue weighted by atomic mass is 79.9. The zero-order valence-electron chi connectivity index (χ0n) is 12.7. The van der Waals surface area contributed by atoms with Crippen LogP contribution in [0.5, 0.6) is 0 Å². The number of imidazole rings is 1. The lowest BCUT2D eigenvalue weighted by Gasteiger charge is -2.39. The number of rotatable bonds is 2. The van der Waals surface area contributed by atoms with Crippen LogP contribution in [0.3, 0.4) is 0 Å². The van der Waals surface area contributed by atoms with E-state index in [1.54, 1.807) is 0 Å². The summed E-state index contributed by atoms with van der Waals surface area (Å²) in [4.78, 5) is 17.0. The van der Waals surface area contributed by atoms with Gasteiger partial charge in [-0.1, -0.05) is 20.8 Å². The van der Waals surface area contributed by atoms with Crippen LogP contribution in [-0.2, 0) is 0 Å². The minimum absolute atomic E-state index is 0.165. The molecule has 0 amide bonds. The molecule has 4 nitrogen and oxygen atoms in total. The van der Waals surface area contributed by atoms with Gasteiger partial charge in [0.15, 0.2) is 0 Å². The van der Waals surface area contributed by atoms with E-state index in [1.807, 2.05) is 12.1 Å². The summed E-state index contributed by atoms with van der Waals surface area (Å²) in [6, 6.07) is 4.43. The van der Waals surface area contributed by atoms with Gasteiger partial charge in [-0.2, -0.15) is 0 Å². The lowest BCUT2D eigenvalue weighted by molar-refractivity contribution is 0.178. The summed E-state index contributed by atoms with van der Waals surface area (Å²) in [5, 5.41) is 3.65.